The van der Waals surface area contributed by atoms with E-state index < -0.39 is 5.54 Å². The highest BCUT2D eigenvalue weighted by Gasteiger charge is 2.42. The first-order chi connectivity index (χ1) is 11.2. The highest BCUT2D eigenvalue weighted by molar-refractivity contribution is 6.00. The zero-order chi connectivity index (χ0) is 15.9. The molecule has 1 saturated heterocycles. The SMILES string of the molecule is CC1(c2ccc3nc[nH]c3c2)NCCN(c2ncccn2)C1=O. The number of amides is 1. The zero-order valence-electron chi connectivity index (χ0n) is 12.7. The van der Waals surface area contributed by atoms with E-state index in [0.29, 0.717) is 19.0 Å². The van der Waals surface area contributed by atoms with Crippen molar-refractivity contribution >= 4 is 22.9 Å². The number of anilines is 1. The Hall–Kier alpha value is -2.80. The van der Waals surface area contributed by atoms with Crippen molar-refractivity contribution in [2.75, 3.05) is 18.0 Å². The van der Waals surface area contributed by atoms with E-state index in [2.05, 4.69) is 25.3 Å². The number of imidazole rings is 1. The van der Waals surface area contributed by atoms with Gasteiger partial charge in [-0.05, 0) is 30.7 Å². The number of hydrogen-bond donors (Lipinski definition) is 2. The third-order valence-corrected chi connectivity index (χ3v) is 4.28. The fraction of sp³-hybridized carbons (Fsp3) is 0.250. The molecule has 1 aliphatic heterocycles. The van der Waals surface area contributed by atoms with E-state index in [1.165, 1.54) is 0 Å². The number of piperazine rings is 1. The molecule has 1 fully saturated rings. The fourth-order valence-electron chi connectivity index (χ4n) is 2.96. The molecule has 1 amide bonds. The van der Waals surface area contributed by atoms with Gasteiger partial charge >= 0.3 is 0 Å². The molecule has 116 valence electrons. The van der Waals surface area contributed by atoms with E-state index in [4.69, 9.17) is 0 Å². The summed E-state index contributed by atoms with van der Waals surface area (Å²) in [6.45, 7) is 3.11. The maximum atomic E-state index is 13.1. The number of nitrogens with zero attached hydrogens (tertiary/aromatic N) is 4. The lowest BCUT2D eigenvalue weighted by Gasteiger charge is -2.39. The molecule has 0 spiro atoms. The van der Waals surface area contributed by atoms with Gasteiger partial charge in [0.2, 0.25) is 5.95 Å². The normalized spacial score (nSPS) is 21.8. The Balaban J connectivity index is 1.75. The van der Waals surface area contributed by atoms with Gasteiger partial charge in [-0.3, -0.25) is 15.0 Å². The number of aromatic nitrogens is 4. The van der Waals surface area contributed by atoms with Crippen LogP contribution in [0.25, 0.3) is 11.0 Å². The number of hydrogen-bond acceptors (Lipinski definition) is 5. The molecular formula is C16H16N6O. The number of H-pyrrole nitrogens is 1. The second kappa shape index (κ2) is 5.13. The van der Waals surface area contributed by atoms with Gasteiger partial charge in [-0.15, -0.1) is 0 Å². The Morgan fingerprint density at radius 1 is 1.22 bits per heavy atom. The van der Waals surface area contributed by atoms with Crippen LogP contribution >= 0.6 is 0 Å². The van der Waals surface area contributed by atoms with Crippen molar-refractivity contribution in [3.63, 3.8) is 0 Å². The fourth-order valence-corrected chi connectivity index (χ4v) is 2.96. The van der Waals surface area contributed by atoms with E-state index in [9.17, 15) is 4.79 Å². The Morgan fingerprint density at radius 3 is 2.87 bits per heavy atom. The zero-order valence-corrected chi connectivity index (χ0v) is 12.7. The summed E-state index contributed by atoms with van der Waals surface area (Å²) in [6.07, 6.45) is 4.94. The van der Waals surface area contributed by atoms with E-state index in [0.717, 1.165) is 16.6 Å². The smallest absolute Gasteiger partial charge is 0.254 e. The largest absolute Gasteiger partial charge is 0.345 e. The van der Waals surface area contributed by atoms with Gasteiger partial charge < -0.3 is 4.98 Å². The van der Waals surface area contributed by atoms with Crippen molar-refractivity contribution in [3.05, 3.63) is 48.5 Å². The Labute approximate surface area is 132 Å². The number of aromatic amines is 1. The van der Waals surface area contributed by atoms with Crippen LogP contribution in [0.2, 0.25) is 0 Å². The first-order valence-corrected chi connectivity index (χ1v) is 7.46. The van der Waals surface area contributed by atoms with Crippen LogP contribution in [0.4, 0.5) is 5.95 Å². The number of rotatable bonds is 2. The summed E-state index contributed by atoms with van der Waals surface area (Å²) >= 11 is 0. The lowest BCUT2D eigenvalue weighted by molar-refractivity contribution is -0.126. The Kier molecular flexibility index (Phi) is 3.09. The molecule has 3 aromatic rings. The number of nitrogens with one attached hydrogen (secondary N) is 2. The first-order valence-electron chi connectivity index (χ1n) is 7.46. The average Bonchev–Trinajstić information content (AvgIpc) is 3.06. The van der Waals surface area contributed by atoms with Gasteiger partial charge in [-0.25, -0.2) is 15.0 Å². The molecular weight excluding hydrogens is 292 g/mol. The lowest BCUT2D eigenvalue weighted by Crippen LogP contribution is -2.61. The molecule has 23 heavy (non-hydrogen) atoms. The van der Waals surface area contributed by atoms with Gasteiger partial charge in [0.25, 0.3) is 5.91 Å². The molecule has 0 bridgehead atoms. The van der Waals surface area contributed by atoms with E-state index >= 15 is 0 Å². The molecule has 1 unspecified atom stereocenters. The van der Waals surface area contributed by atoms with Gasteiger partial charge in [0.05, 0.1) is 17.4 Å². The third kappa shape index (κ3) is 2.17. The predicted octanol–water partition coefficient (Wildman–Crippen LogP) is 1.20. The number of fused-ring (bicyclic) bond motifs is 1. The molecule has 4 rings (SSSR count). The molecule has 7 nitrogen and oxygen atoms in total. The van der Waals surface area contributed by atoms with Crippen LogP contribution in [0.15, 0.2) is 43.0 Å². The Bertz CT molecular complexity index is 861. The maximum Gasteiger partial charge on any atom is 0.254 e. The van der Waals surface area contributed by atoms with Crippen molar-refractivity contribution in [1.29, 1.82) is 0 Å². The van der Waals surface area contributed by atoms with Gasteiger partial charge in [0.15, 0.2) is 0 Å². The van der Waals surface area contributed by atoms with Crippen LogP contribution in [-0.2, 0) is 10.3 Å². The van der Waals surface area contributed by atoms with Crippen LogP contribution < -0.4 is 10.2 Å². The predicted molar refractivity (Wildman–Crippen MR) is 85.8 cm³/mol. The number of benzene rings is 1. The lowest BCUT2D eigenvalue weighted by atomic mass is 9.88. The minimum Gasteiger partial charge on any atom is -0.345 e. The summed E-state index contributed by atoms with van der Waals surface area (Å²) in [6, 6.07) is 7.55. The highest BCUT2D eigenvalue weighted by atomic mass is 16.2. The standard InChI is InChI=1S/C16H16N6O/c1-16(11-3-4-12-13(9-11)20-10-19-12)14(23)22(8-7-21-16)15-17-5-2-6-18-15/h2-6,9-10,21H,7-8H2,1H3,(H,19,20). The molecule has 0 radical (unpaired) electrons. The van der Waals surface area contributed by atoms with Crippen molar-refractivity contribution < 1.29 is 4.79 Å². The quantitative estimate of drug-likeness (QED) is 0.743. The van der Waals surface area contributed by atoms with Crippen LogP contribution in [0.1, 0.15) is 12.5 Å². The van der Waals surface area contributed by atoms with Crippen LogP contribution in [0.5, 0.6) is 0 Å². The molecule has 7 heteroatoms. The first kappa shape index (κ1) is 13.8. The second-order valence-corrected chi connectivity index (χ2v) is 5.69. The summed E-state index contributed by atoms with van der Waals surface area (Å²) in [5.41, 5.74) is 1.85. The highest BCUT2D eigenvalue weighted by Crippen LogP contribution is 2.29. The summed E-state index contributed by atoms with van der Waals surface area (Å²) in [5.74, 6) is 0.377. The molecule has 2 N–H and O–H groups in total. The molecule has 1 atom stereocenters. The van der Waals surface area contributed by atoms with E-state index in [1.54, 1.807) is 29.7 Å². The second-order valence-electron chi connectivity index (χ2n) is 5.69. The van der Waals surface area contributed by atoms with Crippen molar-refractivity contribution in [3.8, 4) is 0 Å². The summed E-state index contributed by atoms with van der Waals surface area (Å²) < 4.78 is 0. The van der Waals surface area contributed by atoms with Gasteiger partial charge in [0.1, 0.15) is 5.54 Å². The molecule has 0 aliphatic carbocycles. The van der Waals surface area contributed by atoms with Crippen LogP contribution in [0.3, 0.4) is 0 Å². The average molecular weight is 308 g/mol. The van der Waals surface area contributed by atoms with Crippen molar-refractivity contribution in [2.45, 2.75) is 12.5 Å². The van der Waals surface area contributed by atoms with E-state index in [1.807, 2.05) is 25.1 Å². The van der Waals surface area contributed by atoms with Crippen molar-refractivity contribution in [2.24, 2.45) is 0 Å². The number of carbonyl (C=O) groups excluding carboxylic acids is 1. The maximum absolute atomic E-state index is 13.1. The summed E-state index contributed by atoms with van der Waals surface area (Å²) in [5, 5.41) is 3.34. The topological polar surface area (TPSA) is 86.8 Å². The monoisotopic (exact) mass is 308 g/mol. The minimum absolute atomic E-state index is 0.0613. The third-order valence-electron chi connectivity index (χ3n) is 4.28. The molecule has 3 heterocycles. The summed E-state index contributed by atoms with van der Waals surface area (Å²) in [4.78, 5) is 30.4. The van der Waals surface area contributed by atoms with Gasteiger partial charge in [0, 0.05) is 25.5 Å². The molecule has 0 saturated carbocycles. The Morgan fingerprint density at radius 2 is 2.04 bits per heavy atom. The van der Waals surface area contributed by atoms with E-state index in [-0.39, 0.29) is 5.91 Å². The molecule has 1 aromatic carbocycles. The van der Waals surface area contributed by atoms with Crippen molar-refractivity contribution in [1.82, 2.24) is 25.3 Å². The minimum atomic E-state index is -0.823. The van der Waals surface area contributed by atoms with Gasteiger partial charge in [-0.1, -0.05) is 6.07 Å². The number of carbonyl (C=O) groups is 1. The van der Waals surface area contributed by atoms with Crippen LogP contribution in [0, 0.1) is 0 Å². The molecule has 1 aliphatic rings. The van der Waals surface area contributed by atoms with Crippen LogP contribution in [-0.4, -0.2) is 38.9 Å². The summed E-state index contributed by atoms with van der Waals surface area (Å²) in [7, 11) is 0. The van der Waals surface area contributed by atoms with Gasteiger partial charge in [-0.2, -0.15) is 0 Å². The molecule has 2 aromatic heterocycles.